The van der Waals surface area contributed by atoms with Crippen molar-refractivity contribution in [1.29, 1.82) is 0 Å². The van der Waals surface area contributed by atoms with Gasteiger partial charge in [-0.25, -0.2) is 0 Å². The molecule has 2 amide bonds. The summed E-state index contributed by atoms with van der Waals surface area (Å²) < 4.78 is 0.957. The van der Waals surface area contributed by atoms with E-state index in [1.807, 2.05) is 11.4 Å². The van der Waals surface area contributed by atoms with Gasteiger partial charge in [0.15, 0.2) is 0 Å². The van der Waals surface area contributed by atoms with Gasteiger partial charge in [0.05, 0.1) is 9.35 Å². The molecule has 1 unspecified atom stereocenters. The third kappa shape index (κ3) is 3.07. The minimum absolute atomic E-state index is 0.0393. The second-order valence-corrected chi connectivity index (χ2v) is 6.37. The molecule has 2 rings (SSSR count). The number of hydrogen-bond acceptors (Lipinski definition) is 3. The quantitative estimate of drug-likeness (QED) is 0.905. The molecule has 0 saturated carbocycles. The number of nitrogens with one attached hydrogen (secondary N) is 1. The fourth-order valence-corrected chi connectivity index (χ4v) is 3.09. The molecule has 6 heteroatoms. The molecule has 2 heterocycles. The number of rotatable bonds is 2. The minimum atomic E-state index is -0.0393. The highest BCUT2D eigenvalue weighted by Crippen LogP contribution is 2.23. The molecule has 1 atom stereocenters. The normalized spacial score (nSPS) is 19.4. The highest BCUT2D eigenvalue weighted by atomic mass is 79.9. The van der Waals surface area contributed by atoms with Crippen molar-refractivity contribution in [3.05, 3.63) is 20.8 Å². The number of hydrogen-bond donors (Lipinski definition) is 1. The second-order valence-electron chi connectivity index (χ2n) is 4.08. The summed E-state index contributed by atoms with van der Waals surface area (Å²) in [6, 6.07) is 1.93. The lowest BCUT2D eigenvalue weighted by Gasteiger charge is -2.15. The molecule has 92 valence electrons. The van der Waals surface area contributed by atoms with Crippen LogP contribution in [0.15, 0.2) is 15.2 Å². The number of amides is 2. The maximum absolute atomic E-state index is 12.1. The zero-order chi connectivity index (χ0) is 12.4. The van der Waals surface area contributed by atoms with E-state index in [-0.39, 0.29) is 17.9 Å². The second kappa shape index (κ2) is 5.18. The van der Waals surface area contributed by atoms with Crippen LogP contribution < -0.4 is 5.32 Å². The molecule has 1 aliphatic rings. The lowest BCUT2D eigenvalue weighted by atomic mass is 10.2. The van der Waals surface area contributed by atoms with Crippen LogP contribution in [0.4, 0.5) is 0 Å². The molecule has 1 aromatic rings. The van der Waals surface area contributed by atoms with E-state index in [1.165, 1.54) is 18.3 Å². The van der Waals surface area contributed by atoms with E-state index in [9.17, 15) is 9.59 Å². The van der Waals surface area contributed by atoms with Crippen molar-refractivity contribution in [1.82, 2.24) is 10.2 Å². The summed E-state index contributed by atoms with van der Waals surface area (Å²) in [6.45, 7) is 2.81. The molecule has 4 nitrogen and oxygen atoms in total. The number of likely N-dealkylation sites (tertiary alicyclic amines) is 1. The molecule has 0 aromatic carbocycles. The molecule has 0 radical (unpaired) electrons. The third-order valence-electron chi connectivity index (χ3n) is 2.70. The zero-order valence-corrected chi connectivity index (χ0v) is 11.8. The van der Waals surface area contributed by atoms with E-state index in [4.69, 9.17) is 0 Å². The van der Waals surface area contributed by atoms with Crippen LogP contribution in [0.3, 0.4) is 0 Å². The van der Waals surface area contributed by atoms with Crippen molar-refractivity contribution in [2.24, 2.45) is 0 Å². The molecule has 1 N–H and O–H groups in total. The smallest absolute Gasteiger partial charge is 0.254 e. The van der Waals surface area contributed by atoms with Gasteiger partial charge in [0.2, 0.25) is 5.91 Å². The Balaban J connectivity index is 1.96. The Bertz CT molecular complexity index is 446. The summed E-state index contributed by atoms with van der Waals surface area (Å²) in [5.74, 6) is 0.00220. The Labute approximate surface area is 112 Å². The average molecular weight is 317 g/mol. The molecule has 17 heavy (non-hydrogen) atoms. The van der Waals surface area contributed by atoms with Crippen LogP contribution in [0.1, 0.15) is 23.7 Å². The van der Waals surface area contributed by atoms with Crippen LogP contribution in [0.25, 0.3) is 0 Å². The van der Waals surface area contributed by atoms with Gasteiger partial charge in [0.1, 0.15) is 0 Å². The first-order valence-corrected chi connectivity index (χ1v) is 7.04. The summed E-state index contributed by atoms with van der Waals surface area (Å²) in [5, 5.41) is 4.69. The van der Waals surface area contributed by atoms with Gasteiger partial charge >= 0.3 is 0 Å². The number of nitrogens with zero attached hydrogens (tertiary/aromatic N) is 1. The van der Waals surface area contributed by atoms with Crippen molar-refractivity contribution < 1.29 is 9.59 Å². The van der Waals surface area contributed by atoms with Gasteiger partial charge in [-0.1, -0.05) is 0 Å². The lowest BCUT2D eigenvalue weighted by molar-refractivity contribution is -0.119. The Morgan fingerprint density at radius 2 is 2.35 bits per heavy atom. The molecule has 1 aliphatic heterocycles. The summed E-state index contributed by atoms with van der Waals surface area (Å²) in [4.78, 5) is 24.8. The largest absolute Gasteiger partial charge is 0.352 e. The third-order valence-corrected chi connectivity index (χ3v) is 4.20. The van der Waals surface area contributed by atoms with Crippen molar-refractivity contribution in [2.75, 3.05) is 13.1 Å². The van der Waals surface area contributed by atoms with E-state index >= 15 is 0 Å². The highest BCUT2D eigenvalue weighted by Gasteiger charge is 2.27. The first kappa shape index (κ1) is 12.6. The van der Waals surface area contributed by atoms with Crippen molar-refractivity contribution >= 4 is 39.1 Å². The Morgan fingerprint density at radius 1 is 1.59 bits per heavy atom. The number of thiophene rings is 1. The van der Waals surface area contributed by atoms with E-state index in [1.54, 1.807) is 4.90 Å². The lowest BCUT2D eigenvalue weighted by Crippen LogP contribution is -2.37. The van der Waals surface area contributed by atoms with Gasteiger partial charge in [0.25, 0.3) is 5.91 Å². The average Bonchev–Trinajstić information content (AvgIpc) is 2.85. The van der Waals surface area contributed by atoms with Crippen LogP contribution in [0, 0.1) is 0 Å². The Kier molecular flexibility index (Phi) is 3.83. The maximum Gasteiger partial charge on any atom is 0.254 e. The fraction of sp³-hybridized carbons (Fsp3) is 0.455. The number of carbonyl (C=O) groups excluding carboxylic acids is 2. The first-order chi connectivity index (χ1) is 8.06. The van der Waals surface area contributed by atoms with E-state index in [0.717, 1.165) is 10.2 Å². The van der Waals surface area contributed by atoms with Crippen LogP contribution in [-0.4, -0.2) is 35.8 Å². The van der Waals surface area contributed by atoms with Gasteiger partial charge in [-0.15, -0.1) is 11.3 Å². The van der Waals surface area contributed by atoms with Crippen molar-refractivity contribution in [3.8, 4) is 0 Å². The molecule has 0 bridgehead atoms. The molecule has 1 saturated heterocycles. The van der Waals surface area contributed by atoms with E-state index < -0.39 is 0 Å². The fourth-order valence-electron chi connectivity index (χ4n) is 1.95. The predicted molar refractivity (Wildman–Crippen MR) is 70.1 cm³/mol. The highest BCUT2D eigenvalue weighted by molar-refractivity contribution is 9.11. The Morgan fingerprint density at radius 3 is 2.94 bits per heavy atom. The van der Waals surface area contributed by atoms with Crippen LogP contribution in [0.5, 0.6) is 0 Å². The van der Waals surface area contributed by atoms with Crippen molar-refractivity contribution in [2.45, 2.75) is 19.4 Å². The number of carbonyl (C=O) groups is 2. The first-order valence-electron chi connectivity index (χ1n) is 5.36. The van der Waals surface area contributed by atoms with Gasteiger partial charge in [-0.2, -0.15) is 0 Å². The SMILES string of the molecule is CC(=O)NC1CCN(C(=O)c2csc(Br)c2)C1. The topological polar surface area (TPSA) is 49.4 Å². The van der Waals surface area contributed by atoms with Gasteiger partial charge in [0, 0.05) is 31.4 Å². The maximum atomic E-state index is 12.1. The van der Waals surface area contributed by atoms with Crippen LogP contribution >= 0.6 is 27.3 Å². The van der Waals surface area contributed by atoms with Gasteiger partial charge in [-0.05, 0) is 28.4 Å². The zero-order valence-electron chi connectivity index (χ0n) is 9.40. The number of halogens is 1. The molecule has 1 aromatic heterocycles. The summed E-state index contributed by atoms with van der Waals surface area (Å²) in [7, 11) is 0. The van der Waals surface area contributed by atoms with Crippen molar-refractivity contribution in [3.63, 3.8) is 0 Å². The van der Waals surface area contributed by atoms with E-state index in [2.05, 4.69) is 21.2 Å². The van der Waals surface area contributed by atoms with Gasteiger partial charge in [-0.3, -0.25) is 9.59 Å². The summed E-state index contributed by atoms with van der Waals surface area (Å²) in [5.41, 5.74) is 0.713. The molecular formula is C11H13BrN2O2S. The molecular weight excluding hydrogens is 304 g/mol. The summed E-state index contributed by atoms with van der Waals surface area (Å²) >= 11 is 4.85. The van der Waals surface area contributed by atoms with Gasteiger partial charge < -0.3 is 10.2 Å². The predicted octanol–water partition coefficient (Wildman–Crippen LogP) is 1.86. The van der Waals surface area contributed by atoms with E-state index in [0.29, 0.717) is 18.7 Å². The standard InChI is InChI=1S/C11H13BrN2O2S/c1-7(15)13-9-2-3-14(5-9)11(16)8-4-10(12)17-6-8/h4,6,9H,2-3,5H2,1H3,(H,13,15). The molecule has 0 aliphatic carbocycles. The molecule has 0 spiro atoms. The summed E-state index contributed by atoms with van der Waals surface area (Å²) in [6.07, 6.45) is 0.830. The van der Waals surface area contributed by atoms with Crippen LogP contribution in [-0.2, 0) is 4.79 Å². The monoisotopic (exact) mass is 316 g/mol. The minimum Gasteiger partial charge on any atom is -0.352 e. The molecule has 1 fully saturated rings. The Hall–Kier alpha value is -0.880. The van der Waals surface area contributed by atoms with Crippen LogP contribution in [0.2, 0.25) is 0 Å².